The number of aromatic nitrogens is 1. The second-order valence-electron chi connectivity index (χ2n) is 7.83. The molecule has 0 N–H and O–H groups in total. The zero-order valence-electron chi connectivity index (χ0n) is 18.2. The number of carbonyl (C=O) groups is 1. The lowest BCUT2D eigenvalue weighted by Gasteiger charge is -2.34. The standard InChI is InChI=1S/C25H25N3O3S/c1-30-20-10-11-21(31-2)24-23(20)26-25(32-24)28-14-12-27(13-15-28)22(29)16-18-8-5-7-17-6-3-4-9-19(17)18/h3-11H,12-16H2,1-2H3. The van der Waals surface area contributed by atoms with Gasteiger partial charge in [0, 0.05) is 26.2 Å². The third-order valence-electron chi connectivity index (χ3n) is 6.02. The molecule has 1 aromatic heterocycles. The Morgan fingerprint density at radius 1 is 0.938 bits per heavy atom. The van der Waals surface area contributed by atoms with Crippen LogP contribution in [0.1, 0.15) is 5.56 Å². The summed E-state index contributed by atoms with van der Waals surface area (Å²) in [6, 6.07) is 18.2. The molecular weight excluding hydrogens is 422 g/mol. The van der Waals surface area contributed by atoms with Crippen molar-refractivity contribution in [3.8, 4) is 11.5 Å². The molecule has 32 heavy (non-hydrogen) atoms. The first-order valence-electron chi connectivity index (χ1n) is 10.7. The maximum atomic E-state index is 13.0. The number of hydrogen-bond donors (Lipinski definition) is 0. The van der Waals surface area contributed by atoms with E-state index in [-0.39, 0.29) is 5.91 Å². The molecule has 164 valence electrons. The minimum absolute atomic E-state index is 0.175. The summed E-state index contributed by atoms with van der Waals surface area (Å²) in [7, 11) is 3.32. The molecule has 1 amide bonds. The van der Waals surface area contributed by atoms with Gasteiger partial charge < -0.3 is 19.3 Å². The van der Waals surface area contributed by atoms with Gasteiger partial charge in [0.2, 0.25) is 5.91 Å². The summed E-state index contributed by atoms with van der Waals surface area (Å²) in [5.41, 5.74) is 1.90. The van der Waals surface area contributed by atoms with Crippen LogP contribution >= 0.6 is 11.3 Å². The van der Waals surface area contributed by atoms with Crippen LogP contribution in [-0.2, 0) is 11.2 Å². The molecule has 3 aromatic carbocycles. The third kappa shape index (κ3) is 3.73. The highest BCUT2D eigenvalue weighted by Crippen LogP contribution is 2.40. The average Bonchev–Trinajstić information content (AvgIpc) is 3.29. The summed E-state index contributed by atoms with van der Waals surface area (Å²) in [5, 5.41) is 3.26. The highest BCUT2D eigenvalue weighted by Gasteiger charge is 2.24. The number of thiazole rings is 1. The number of fused-ring (bicyclic) bond motifs is 2. The fraction of sp³-hybridized carbons (Fsp3) is 0.280. The minimum atomic E-state index is 0.175. The van der Waals surface area contributed by atoms with Crippen LogP contribution < -0.4 is 14.4 Å². The Morgan fingerprint density at radius 3 is 2.44 bits per heavy atom. The molecule has 0 unspecified atom stereocenters. The molecule has 5 rings (SSSR count). The van der Waals surface area contributed by atoms with Crippen LogP contribution in [0.4, 0.5) is 5.13 Å². The zero-order valence-corrected chi connectivity index (χ0v) is 19.0. The van der Waals surface area contributed by atoms with Crippen molar-refractivity contribution in [1.29, 1.82) is 0 Å². The Hall–Kier alpha value is -3.32. The van der Waals surface area contributed by atoms with Gasteiger partial charge in [-0.1, -0.05) is 53.8 Å². The van der Waals surface area contributed by atoms with Gasteiger partial charge in [-0.15, -0.1) is 0 Å². The van der Waals surface area contributed by atoms with E-state index in [2.05, 4.69) is 29.2 Å². The van der Waals surface area contributed by atoms with Crippen LogP contribution in [0.15, 0.2) is 54.6 Å². The lowest BCUT2D eigenvalue weighted by Crippen LogP contribution is -2.49. The molecule has 0 saturated carbocycles. The summed E-state index contributed by atoms with van der Waals surface area (Å²) in [6.45, 7) is 2.89. The average molecular weight is 448 g/mol. The van der Waals surface area contributed by atoms with Crippen molar-refractivity contribution < 1.29 is 14.3 Å². The quantitative estimate of drug-likeness (QED) is 0.455. The van der Waals surface area contributed by atoms with Crippen molar-refractivity contribution in [2.45, 2.75) is 6.42 Å². The fourth-order valence-corrected chi connectivity index (χ4v) is 5.40. The predicted octanol–water partition coefficient (Wildman–Crippen LogP) is 4.36. The monoisotopic (exact) mass is 447 g/mol. The van der Waals surface area contributed by atoms with Crippen LogP contribution in [0.2, 0.25) is 0 Å². The number of piperazine rings is 1. The molecule has 0 atom stereocenters. The van der Waals surface area contributed by atoms with E-state index in [9.17, 15) is 4.79 Å². The van der Waals surface area contributed by atoms with Crippen molar-refractivity contribution in [2.75, 3.05) is 45.3 Å². The summed E-state index contributed by atoms with van der Waals surface area (Å²) in [4.78, 5) is 22.1. The zero-order chi connectivity index (χ0) is 22.1. The van der Waals surface area contributed by atoms with Crippen LogP contribution in [0.5, 0.6) is 11.5 Å². The van der Waals surface area contributed by atoms with Gasteiger partial charge in [0.25, 0.3) is 0 Å². The SMILES string of the molecule is COc1ccc(OC)c2sc(N3CCN(C(=O)Cc4cccc5ccccc45)CC3)nc12. The molecule has 0 spiro atoms. The van der Waals surface area contributed by atoms with Crippen molar-refractivity contribution in [2.24, 2.45) is 0 Å². The first-order chi connectivity index (χ1) is 15.7. The van der Waals surface area contributed by atoms with E-state index in [0.717, 1.165) is 50.9 Å². The van der Waals surface area contributed by atoms with Gasteiger partial charge in [-0.05, 0) is 28.5 Å². The second-order valence-corrected chi connectivity index (χ2v) is 8.80. The highest BCUT2D eigenvalue weighted by atomic mass is 32.1. The van der Waals surface area contributed by atoms with Crippen molar-refractivity contribution in [3.05, 3.63) is 60.2 Å². The minimum Gasteiger partial charge on any atom is -0.495 e. The van der Waals surface area contributed by atoms with Gasteiger partial charge in [0.15, 0.2) is 5.13 Å². The van der Waals surface area contributed by atoms with E-state index in [0.29, 0.717) is 19.5 Å². The molecule has 1 fully saturated rings. The van der Waals surface area contributed by atoms with Crippen LogP contribution in [0, 0.1) is 0 Å². The molecule has 0 bridgehead atoms. The number of rotatable bonds is 5. The highest BCUT2D eigenvalue weighted by molar-refractivity contribution is 7.22. The van der Waals surface area contributed by atoms with E-state index in [4.69, 9.17) is 14.5 Å². The van der Waals surface area contributed by atoms with Gasteiger partial charge in [0.05, 0.1) is 20.6 Å². The van der Waals surface area contributed by atoms with E-state index >= 15 is 0 Å². The fourth-order valence-electron chi connectivity index (χ4n) is 4.28. The van der Waals surface area contributed by atoms with Crippen LogP contribution in [-0.4, -0.2) is 56.2 Å². The number of carbonyl (C=O) groups excluding carboxylic acids is 1. The first-order valence-corrected chi connectivity index (χ1v) is 11.5. The van der Waals surface area contributed by atoms with Gasteiger partial charge in [-0.2, -0.15) is 0 Å². The molecule has 7 heteroatoms. The number of amides is 1. The van der Waals surface area contributed by atoms with Crippen molar-refractivity contribution in [1.82, 2.24) is 9.88 Å². The number of methoxy groups -OCH3 is 2. The molecule has 1 saturated heterocycles. The Morgan fingerprint density at radius 2 is 1.66 bits per heavy atom. The van der Waals surface area contributed by atoms with Gasteiger partial charge >= 0.3 is 0 Å². The molecule has 4 aromatic rings. The number of anilines is 1. The summed E-state index contributed by atoms with van der Waals surface area (Å²) in [6.07, 6.45) is 0.427. The first kappa shape index (κ1) is 20.6. The third-order valence-corrected chi connectivity index (χ3v) is 7.15. The molecule has 0 radical (unpaired) electrons. The van der Waals surface area contributed by atoms with Gasteiger partial charge in [-0.25, -0.2) is 4.98 Å². The number of benzene rings is 3. The molecule has 2 heterocycles. The molecule has 0 aliphatic carbocycles. The Balaban J connectivity index is 1.29. The van der Waals surface area contributed by atoms with Crippen LogP contribution in [0.3, 0.4) is 0 Å². The molecule has 1 aliphatic heterocycles. The van der Waals surface area contributed by atoms with Gasteiger partial charge in [0.1, 0.15) is 21.7 Å². The lowest BCUT2D eigenvalue weighted by atomic mass is 10.0. The lowest BCUT2D eigenvalue weighted by molar-refractivity contribution is -0.130. The van der Waals surface area contributed by atoms with Crippen molar-refractivity contribution in [3.63, 3.8) is 0 Å². The Kier molecular flexibility index (Phi) is 5.57. The maximum Gasteiger partial charge on any atom is 0.227 e. The number of ether oxygens (including phenoxy) is 2. The summed E-state index contributed by atoms with van der Waals surface area (Å²) < 4.78 is 12.0. The predicted molar refractivity (Wildman–Crippen MR) is 129 cm³/mol. The normalized spacial score (nSPS) is 14.2. The number of hydrogen-bond acceptors (Lipinski definition) is 6. The van der Waals surface area contributed by atoms with Gasteiger partial charge in [-0.3, -0.25) is 4.79 Å². The van der Waals surface area contributed by atoms with E-state index in [1.165, 1.54) is 5.39 Å². The van der Waals surface area contributed by atoms with E-state index in [1.54, 1.807) is 25.6 Å². The second kappa shape index (κ2) is 8.67. The van der Waals surface area contributed by atoms with E-state index in [1.807, 2.05) is 35.2 Å². The molecule has 1 aliphatic rings. The van der Waals surface area contributed by atoms with E-state index < -0.39 is 0 Å². The van der Waals surface area contributed by atoms with Crippen LogP contribution in [0.25, 0.3) is 21.0 Å². The molecular formula is C25H25N3O3S. The summed E-state index contributed by atoms with van der Waals surface area (Å²) >= 11 is 1.60. The smallest absolute Gasteiger partial charge is 0.227 e. The largest absolute Gasteiger partial charge is 0.495 e. The number of nitrogens with zero attached hydrogens (tertiary/aromatic N) is 3. The Bertz CT molecular complexity index is 1230. The topological polar surface area (TPSA) is 54.9 Å². The summed E-state index contributed by atoms with van der Waals surface area (Å²) in [5.74, 6) is 1.72. The van der Waals surface area contributed by atoms with Crippen molar-refractivity contribution >= 4 is 43.4 Å². The maximum absolute atomic E-state index is 13.0. The molecule has 6 nitrogen and oxygen atoms in total. The Labute approximate surface area is 191 Å².